The molecular weight excluding hydrogens is 108 g/mol. The fourth-order valence-electron chi connectivity index (χ4n) is 1.02. The van der Waals surface area contributed by atoms with E-state index in [1.54, 1.807) is 0 Å². The van der Waals surface area contributed by atoms with Crippen LogP contribution in [-0.2, 0) is 0 Å². The van der Waals surface area contributed by atoms with E-state index < -0.39 is 0 Å². The number of unbranched alkanes of at least 4 members (excludes halogenated alkanes) is 1. The SMILES string of the molecule is CCC[CH]C(C)CCC. The van der Waals surface area contributed by atoms with Gasteiger partial charge in [0.15, 0.2) is 0 Å². The summed E-state index contributed by atoms with van der Waals surface area (Å²) in [5, 5.41) is 0. The summed E-state index contributed by atoms with van der Waals surface area (Å²) in [6.07, 6.45) is 7.71. The first-order valence-electron chi connectivity index (χ1n) is 4.14. The molecule has 0 aromatic rings. The van der Waals surface area contributed by atoms with Gasteiger partial charge in [-0.3, -0.25) is 0 Å². The van der Waals surface area contributed by atoms with Crippen molar-refractivity contribution in [1.82, 2.24) is 0 Å². The predicted octanol–water partition coefficient (Wildman–Crippen LogP) is 3.43. The number of hydrogen-bond acceptors (Lipinski definition) is 0. The summed E-state index contributed by atoms with van der Waals surface area (Å²) >= 11 is 0. The zero-order valence-corrected chi connectivity index (χ0v) is 6.98. The van der Waals surface area contributed by atoms with Gasteiger partial charge in [0.25, 0.3) is 0 Å². The predicted molar refractivity (Wildman–Crippen MR) is 43.3 cm³/mol. The molecule has 0 heterocycles. The fraction of sp³-hybridized carbons (Fsp3) is 0.889. The Morgan fingerprint density at radius 3 is 2.33 bits per heavy atom. The Morgan fingerprint density at radius 2 is 1.89 bits per heavy atom. The van der Waals surface area contributed by atoms with E-state index >= 15 is 0 Å². The Balaban J connectivity index is 2.95. The lowest BCUT2D eigenvalue weighted by Crippen LogP contribution is -1.93. The zero-order chi connectivity index (χ0) is 7.11. The second kappa shape index (κ2) is 6.12. The van der Waals surface area contributed by atoms with E-state index in [1.165, 1.54) is 25.7 Å². The normalized spacial score (nSPS) is 13.7. The molecule has 1 radical (unpaired) electrons. The van der Waals surface area contributed by atoms with Gasteiger partial charge >= 0.3 is 0 Å². The van der Waals surface area contributed by atoms with Gasteiger partial charge in [-0.05, 0) is 12.3 Å². The van der Waals surface area contributed by atoms with E-state index in [2.05, 4.69) is 27.2 Å². The molecule has 0 aromatic heterocycles. The van der Waals surface area contributed by atoms with E-state index in [0.717, 1.165) is 5.92 Å². The second-order valence-electron chi connectivity index (χ2n) is 2.79. The monoisotopic (exact) mass is 127 g/mol. The van der Waals surface area contributed by atoms with Crippen LogP contribution in [-0.4, -0.2) is 0 Å². The molecule has 0 bridgehead atoms. The molecule has 0 N–H and O–H groups in total. The third-order valence-electron chi connectivity index (χ3n) is 1.60. The molecule has 0 saturated carbocycles. The third-order valence-corrected chi connectivity index (χ3v) is 1.60. The van der Waals surface area contributed by atoms with Crippen molar-refractivity contribution in [2.45, 2.75) is 46.5 Å². The van der Waals surface area contributed by atoms with Gasteiger partial charge in [-0.1, -0.05) is 46.5 Å². The molecule has 0 aliphatic rings. The molecule has 0 aliphatic carbocycles. The maximum atomic E-state index is 2.43. The molecule has 0 heteroatoms. The van der Waals surface area contributed by atoms with Crippen LogP contribution in [0.25, 0.3) is 0 Å². The van der Waals surface area contributed by atoms with E-state index in [4.69, 9.17) is 0 Å². The van der Waals surface area contributed by atoms with Gasteiger partial charge < -0.3 is 0 Å². The van der Waals surface area contributed by atoms with Crippen molar-refractivity contribution in [3.05, 3.63) is 6.42 Å². The minimum Gasteiger partial charge on any atom is -0.0654 e. The molecule has 1 unspecified atom stereocenters. The number of hydrogen-bond donors (Lipinski definition) is 0. The zero-order valence-electron chi connectivity index (χ0n) is 6.98. The topological polar surface area (TPSA) is 0 Å². The van der Waals surface area contributed by atoms with E-state index in [9.17, 15) is 0 Å². The van der Waals surface area contributed by atoms with Crippen LogP contribution in [0, 0.1) is 12.3 Å². The summed E-state index contributed by atoms with van der Waals surface area (Å²) in [7, 11) is 0. The summed E-state index contributed by atoms with van der Waals surface area (Å²) in [6.45, 7) is 6.78. The first kappa shape index (κ1) is 9.00. The number of rotatable bonds is 5. The van der Waals surface area contributed by atoms with Gasteiger partial charge in [-0.15, -0.1) is 0 Å². The van der Waals surface area contributed by atoms with Crippen molar-refractivity contribution in [3.63, 3.8) is 0 Å². The van der Waals surface area contributed by atoms with Crippen molar-refractivity contribution in [2.24, 2.45) is 5.92 Å². The minimum atomic E-state index is 0.843. The Morgan fingerprint density at radius 1 is 1.22 bits per heavy atom. The Kier molecular flexibility index (Phi) is 6.12. The molecule has 0 saturated heterocycles. The van der Waals surface area contributed by atoms with Crippen LogP contribution in [0.5, 0.6) is 0 Å². The molecule has 0 aromatic carbocycles. The molecule has 0 aliphatic heterocycles. The summed E-state index contributed by atoms with van der Waals surface area (Å²) in [5.74, 6) is 0.843. The highest BCUT2D eigenvalue weighted by Gasteiger charge is 1.97. The fourth-order valence-corrected chi connectivity index (χ4v) is 1.02. The quantitative estimate of drug-likeness (QED) is 0.530. The molecule has 0 spiro atoms. The third kappa shape index (κ3) is 5.88. The van der Waals surface area contributed by atoms with Gasteiger partial charge in [0.05, 0.1) is 0 Å². The van der Waals surface area contributed by atoms with Gasteiger partial charge in [0.2, 0.25) is 0 Å². The van der Waals surface area contributed by atoms with Crippen LogP contribution in [0.15, 0.2) is 0 Å². The van der Waals surface area contributed by atoms with Crippen molar-refractivity contribution >= 4 is 0 Å². The minimum absolute atomic E-state index is 0.843. The van der Waals surface area contributed by atoms with Crippen LogP contribution < -0.4 is 0 Å². The molecule has 55 valence electrons. The lowest BCUT2D eigenvalue weighted by atomic mass is 10.00. The van der Waals surface area contributed by atoms with Crippen LogP contribution in [0.4, 0.5) is 0 Å². The highest BCUT2D eigenvalue weighted by Crippen LogP contribution is 2.11. The average molecular weight is 127 g/mol. The highest BCUT2D eigenvalue weighted by molar-refractivity contribution is 4.70. The van der Waals surface area contributed by atoms with Crippen molar-refractivity contribution in [1.29, 1.82) is 0 Å². The second-order valence-corrected chi connectivity index (χ2v) is 2.79. The van der Waals surface area contributed by atoms with E-state index in [1.807, 2.05) is 0 Å². The molecular formula is C9H19. The molecule has 0 rings (SSSR count). The first-order valence-corrected chi connectivity index (χ1v) is 4.14. The molecule has 0 amide bonds. The van der Waals surface area contributed by atoms with E-state index in [0.29, 0.717) is 0 Å². The van der Waals surface area contributed by atoms with Crippen LogP contribution in [0.3, 0.4) is 0 Å². The smallest absolute Gasteiger partial charge is 0.0358 e. The Hall–Kier alpha value is 0. The average Bonchev–Trinajstić information content (AvgIpc) is 1.85. The molecule has 9 heavy (non-hydrogen) atoms. The largest absolute Gasteiger partial charge is 0.0654 e. The standard InChI is InChI=1S/C9H19/c1-4-6-8-9(3)7-5-2/h8-9H,4-7H2,1-3H3. The van der Waals surface area contributed by atoms with Gasteiger partial charge in [-0.2, -0.15) is 0 Å². The van der Waals surface area contributed by atoms with E-state index in [-0.39, 0.29) is 0 Å². The maximum Gasteiger partial charge on any atom is -0.0358 e. The summed E-state index contributed by atoms with van der Waals surface area (Å²) in [5.41, 5.74) is 0. The van der Waals surface area contributed by atoms with Crippen molar-refractivity contribution in [2.75, 3.05) is 0 Å². The molecule has 0 nitrogen and oxygen atoms in total. The maximum absolute atomic E-state index is 2.43. The molecule has 0 fully saturated rings. The van der Waals surface area contributed by atoms with Gasteiger partial charge in [-0.25, -0.2) is 0 Å². The molecule has 1 atom stereocenters. The summed E-state index contributed by atoms with van der Waals surface area (Å²) < 4.78 is 0. The van der Waals surface area contributed by atoms with Gasteiger partial charge in [0, 0.05) is 0 Å². The Labute approximate surface area is 59.7 Å². The summed E-state index contributed by atoms with van der Waals surface area (Å²) in [4.78, 5) is 0. The van der Waals surface area contributed by atoms with Crippen LogP contribution in [0.2, 0.25) is 0 Å². The van der Waals surface area contributed by atoms with Crippen molar-refractivity contribution < 1.29 is 0 Å². The lowest BCUT2D eigenvalue weighted by Gasteiger charge is -2.06. The van der Waals surface area contributed by atoms with Gasteiger partial charge in [0.1, 0.15) is 0 Å². The first-order chi connectivity index (χ1) is 4.31. The Bertz CT molecular complexity index is 48.0. The lowest BCUT2D eigenvalue weighted by molar-refractivity contribution is 0.568. The van der Waals surface area contributed by atoms with Crippen LogP contribution in [0.1, 0.15) is 46.5 Å². The highest BCUT2D eigenvalue weighted by atomic mass is 14.0. The summed E-state index contributed by atoms with van der Waals surface area (Å²) in [6, 6.07) is 0. The van der Waals surface area contributed by atoms with Crippen LogP contribution >= 0.6 is 0 Å². The van der Waals surface area contributed by atoms with Crippen molar-refractivity contribution in [3.8, 4) is 0 Å².